The third kappa shape index (κ3) is 1.28. The second-order valence-electron chi connectivity index (χ2n) is 3.43. The van der Waals surface area contributed by atoms with Gasteiger partial charge in [-0.05, 0) is 0 Å². The Morgan fingerprint density at radius 2 is 2.33 bits per heavy atom. The number of nitrogens with zero attached hydrogens (tertiary/aromatic N) is 4. The van der Waals surface area contributed by atoms with Crippen LogP contribution in [0.4, 0.5) is 11.8 Å². The lowest BCUT2D eigenvalue weighted by atomic mass is 10.5. The normalized spacial score (nSPS) is 16.4. The second-order valence-corrected chi connectivity index (χ2v) is 3.43. The van der Waals surface area contributed by atoms with E-state index in [-0.39, 0.29) is 0 Å². The van der Waals surface area contributed by atoms with Crippen LogP contribution in [-0.2, 0) is 0 Å². The summed E-state index contributed by atoms with van der Waals surface area (Å²) in [5.74, 6) is 1.08. The molecule has 3 rings (SSSR count). The van der Waals surface area contributed by atoms with Gasteiger partial charge in [-0.2, -0.15) is 9.97 Å². The van der Waals surface area contributed by atoms with Crippen molar-refractivity contribution in [1.29, 1.82) is 0 Å². The number of aromatic amines is 1. The fraction of sp³-hybridized carbons (Fsp3) is 0.375. The summed E-state index contributed by atoms with van der Waals surface area (Å²) in [4.78, 5) is 17.6. The number of nitrogen functional groups attached to an aromatic ring is 1. The zero-order valence-electron chi connectivity index (χ0n) is 8.06. The Balaban J connectivity index is 2.11. The minimum Gasteiger partial charge on any atom is -0.382 e. The van der Waals surface area contributed by atoms with Crippen molar-refractivity contribution >= 4 is 22.9 Å². The highest BCUT2D eigenvalue weighted by Crippen LogP contribution is 2.18. The van der Waals surface area contributed by atoms with Crippen molar-refractivity contribution < 1.29 is 0 Å². The van der Waals surface area contributed by atoms with Gasteiger partial charge >= 0.3 is 0 Å². The molecule has 0 unspecified atom stereocenters. The van der Waals surface area contributed by atoms with Crippen LogP contribution in [0.2, 0.25) is 0 Å². The Labute approximate surface area is 85.7 Å². The van der Waals surface area contributed by atoms with Gasteiger partial charge in [0, 0.05) is 13.1 Å². The number of nitrogens with one attached hydrogen (secondary N) is 2. The van der Waals surface area contributed by atoms with Crippen LogP contribution in [-0.4, -0.2) is 39.7 Å². The lowest BCUT2D eigenvalue weighted by Crippen LogP contribution is -2.23. The molecular formula is C8H11N7. The first-order valence-corrected chi connectivity index (χ1v) is 4.77. The van der Waals surface area contributed by atoms with E-state index in [0.29, 0.717) is 22.9 Å². The quantitative estimate of drug-likeness (QED) is 0.570. The molecular weight excluding hydrogens is 194 g/mol. The van der Waals surface area contributed by atoms with Crippen molar-refractivity contribution in [2.75, 3.05) is 30.4 Å². The molecule has 0 radical (unpaired) electrons. The van der Waals surface area contributed by atoms with Crippen molar-refractivity contribution in [3.8, 4) is 0 Å². The molecule has 3 heterocycles. The summed E-state index contributed by atoms with van der Waals surface area (Å²) in [6.07, 6.45) is 1.57. The van der Waals surface area contributed by atoms with Crippen molar-refractivity contribution in [2.24, 2.45) is 0 Å². The third-order valence-corrected chi connectivity index (χ3v) is 2.45. The number of aromatic nitrogens is 4. The van der Waals surface area contributed by atoms with Gasteiger partial charge in [0.1, 0.15) is 5.52 Å². The van der Waals surface area contributed by atoms with Gasteiger partial charge < -0.3 is 15.6 Å². The molecule has 78 valence electrons. The fourth-order valence-corrected chi connectivity index (χ4v) is 1.66. The van der Waals surface area contributed by atoms with Gasteiger partial charge in [-0.3, -0.25) is 5.32 Å². The van der Waals surface area contributed by atoms with E-state index in [4.69, 9.17) is 5.73 Å². The standard InChI is InChI=1S/C8H11N7/c9-6-5-7(12-3-11-5)14-8(13-6)15-2-1-10-4-15/h3,10H,1-2,4H2,(H3,9,11,12,13,14). The molecule has 1 aliphatic heterocycles. The molecule has 7 nitrogen and oxygen atoms in total. The average molecular weight is 205 g/mol. The van der Waals surface area contributed by atoms with E-state index >= 15 is 0 Å². The molecule has 0 aromatic carbocycles. The van der Waals surface area contributed by atoms with E-state index in [1.807, 2.05) is 4.90 Å². The highest BCUT2D eigenvalue weighted by atomic mass is 15.4. The predicted octanol–water partition coefficient (Wildman–Crippen LogP) is -0.698. The van der Waals surface area contributed by atoms with Crippen molar-refractivity contribution in [1.82, 2.24) is 25.3 Å². The Kier molecular flexibility index (Phi) is 1.72. The number of H-pyrrole nitrogens is 1. The maximum Gasteiger partial charge on any atom is 0.230 e. The van der Waals surface area contributed by atoms with Gasteiger partial charge in [-0.25, -0.2) is 4.98 Å². The first kappa shape index (κ1) is 8.42. The summed E-state index contributed by atoms with van der Waals surface area (Å²) < 4.78 is 0. The zero-order chi connectivity index (χ0) is 10.3. The summed E-state index contributed by atoms with van der Waals surface area (Å²) >= 11 is 0. The highest BCUT2D eigenvalue weighted by molar-refractivity contribution is 5.82. The molecule has 1 fully saturated rings. The van der Waals surface area contributed by atoms with Gasteiger partial charge in [0.15, 0.2) is 11.5 Å². The van der Waals surface area contributed by atoms with E-state index in [9.17, 15) is 0 Å². The van der Waals surface area contributed by atoms with E-state index < -0.39 is 0 Å². The van der Waals surface area contributed by atoms with Crippen molar-refractivity contribution in [2.45, 2.75) is 0 Å². The van der Waals surface area contributed by atoms with Crippen LogP contribution < -0.4 is 16.0 Å². The van der Waals surface area contributed by atoms with Crippen LogP contribution in [0.1, 0.15) is 0 Å². The number of imidazole rings is 1. The largest absolute Gasteiger partial charge is 0.382 e. The van der Waals surface area contributed by atoms with Crippen LogP contribution in [0.3, 0.4) is 0 Å². The lowest BCUT2D eigenvalue weighted by Gasteiger charge is -2.13. The number of fused-ring (bicyclic) bond motifs is 1. The molecule has 0 saturated carbocycles. The van der Waals surface area contributed by atoms with Crippen LogP contribution in [0.15, 0.2) is 6.33 Å². The van der Waals surface area contributed by atoms with Gasteiger partial charge in [0.2, 0.25) is 5.95 Å². The zero-order valence-corrected chi connectivity index (χ0v) is 8.06. The molecule has 4 N–H and O–H groups in total. The number of rotatable bonds is 1. The highest BCUT2D eigenvalue weighted by Gasteiger charge is 2.16. The van der Waals surface area contributed by atoms with E-state index in [1.165, 1.54) is 0 Å². The summed E-state index contributed by atoms with van der Waals surface area (Å²) in [6, 6.07) is 0. The Morgan fingerprint density at radius 3 is 3.13 bits per heavy atom. The Bertz CT molecular complexity index is 485. The van der Waals surface area contributed by atoms with E-state index in [1.54, 1.807) is 6.33 Å². The molecule has 0 spiro atoms. The average Bonchev–Trinajstić information content (AvgIpc) is 2.88. The van der Waals surface area contributed by atoms with Gasteiger partial charge in [-0.15, -0.1) is 0 Å². The number of nitrogens with two attached hydrogens (primary N) is 1. The third-order valence-electron chi connectivity index (χ3n) is 2.45. The molecule has 15 heavy (non-hydrogen) atoms. The number of hydrogen-bond donors (Lipinski definition) is 3. The minimum atomic E-state index is 0.444. The van der Waals surface area contributed by atoms with Crippen LogP contribution in [0, 0.1) is 0 Å². The Morgan fingerprint density at radius 1 is 1.40 bits per heavy atom. The van der Waals surface area contributed by atoms with Crippen molar-refractivity contribution in [3.05, 3.63) is 6.33 Å². The summed E-state index contributed by atoms with van der Waals surface area (Å²) in [6.45, 7) is 2.60. The second kappa shape index (κ2) is 3.06. The summed E-state index contributed by atoms with van der Waals surface area (Å²) in [5.41, 5.74) is 7.11. The van der Waals surface area contributed by atoms with Gasteiger partial charge in [0.25, 0.3) is 0 Å². The summed E-state index contributed by atoms with van der Waals surface area (Å²) in [5, 5.41) is 3.21. The molecule has 0 atom stereocenters. The maximum atomic E-state index is 5.80. The van der Waals surface area contributed by atoms with E-state index in [0.717, 1.165) is 19.8 Å². The maximum absolute atomic E-state index is 5.80. The summed E-state index contributed by atoms with van der Waals surface area (Å²) in [7, 11) is 0. The van der Waals surface area contributed by atoms with Gasteiger partial charge in [-0.1, -0.05) is 0 Å². The smallest absolute Gasteiger partial charge is 0.230 e. The Hall–Kier alpha value is -1.89. The van der Waals surface area contributed by atoms with E-state index in [2.05, 4.69) is 25.3 Å². The fourth-order valence-electron chi connectivity index (χ4n) is 1.66. The van der Waals surface area contributed by atoms with Gasteiger partial charge in [0.05, 0.1) is 13.0 Å². The molecule has 2 aromatic rings. The lowest BCUT2D eigenvalue weighted by molar-refractivity contribution is 0.841. The molecule has 0 amide bonds. The SMILES string of the molecule is Nc1nc(N2CCNC2)nc2nc[nH]c12. The molecule has 0 bridgehead atoms. The monoisotopic (exact) mass is 205 g/mol. The molecule has 7 heteroatoms. The molecule has 1 aliphatic rings. The van der Waals surface area contributed by atoms with Crippen molar-refractivity contribution in [3.63, 3.8) is 0 Å². The topological polar surface area (TPSA) is 95.8 Å². The van der Waals surface area contributed by atoms with Crippen LogP contribution in [0.25, 0.3) is 11.2 Å². The first-order valence-electron chi connectivity index (χ1n) is 4.77. The predicted molar refractivity (Wildman–Crippen MR) is 56.3 cm³/mol. The first-order chi connectivity index (χ1) is 7.34. The molecule has 2 aromatic heterocycles. The van der Waals surface area contributed by atoms with Crippen LogP contribution >= 0.6 is 0 Å². The minimum absolute atomic E-state index is 0.444. The molecule has 0 aliphatic carbocycles. The number of hydrogen-bond acceptors (Lipinski definition) is 6. The number of anilines is 2. The molecule has 1 saturated heterocycles. The van der Waals surface area contributed by atoms with Crippen LogP contribution in [0.5, 0.6) is 0 Å².